The third kappa shape index (κ3) is 3.80. The number of nitrogens with zero attached hydrogens (tertiary/aromatic N) is 2. The lowest BCUT2D eigenvalue weighted by Crippen LogP contribution is -2.51. The summed E-state index contributed by atoms with van der Waals surface area (Å²) in [5.74, 6) is 0.280. The number of benzene rings is 2. The second-order valence-electron chi connectivity index (χ2n) is 9.78. The minimum Gasteiger partial charge on any atom is -0.339 e. The van der Waals surface area contributed by atoms with Gasteiger partial charge in [-0.1, -0.05) is 60.7 Å². The minimum atomic E-state index is -0.639. The molecule has 3 heteroatoms. The van der Waals surface area contributed by atoms with Gasteiger partial charge in [0.25, 0.3) is 0 Å². The summed E-state index contributed by atoms with van der Waals surface area (Å²) in [5, 5.41) is 0. The fourth-order valence-corrected chi connectivity index (χ4v) is 5.62. The molecule has 2 aromatic carbocycles. The summed E-state index contributed by atoms with van der Waals surface area (Å²) in [6, 6.07) is 21.3. The van der Waals surface area contributed by atoms with E-state index in [1.807, 2.05) is 12.1 Å². The highest BCUT2D eigenvalue weighted by atomic mass is 16.2. The zero-order valence-corrected chi connectivity index (χ0v) is 18.8. The quantitative estimate of drug-likeness (QED) is 0.657. The highest BCUT2D eigenvalue weighted by Gasteiger charge is 2.47. The van der Waals surface area contributed by atoms with Crippen LogP contribution in [0.4, 0.5) is 0 Å². The number of hydrogen-bond donors (Lipinski definition) is 0. The van der Waals surface area contributed by atoms with Crippen LogP contribution in [-0.4, -0.2) is 46.9 Å². The van der Waals surface area contributed by atoms with Crippen LogP contribution in [0.25, 0.3) is 0 Å². The van der Waals surface area contributed by atoms with Crippen molar-refractivity contribution in [1.29, 1.82) is 0 Å². The topological polar surface area (TPSA) is 23.6 Å². The van der Waals surface area contributed by atoms with Gasteiger partial charge in [-0.15, -0.1) is 0 Å². The summed E-state index contributed by atoms with van der Waals surface area (Å²) in [4.78, 5) is 19.1. The molecule has 3 nitrogen and oxygen atoms in total. The lowest BCUT2D eigenvalue weighted by Gasteiger charge is -2.41. The summed E-state index contributed by atoms with van der Waals surface area (Å²) >= 11 is 0. The molecular formula is C27H36N2O. The SMILES string of the molecule is CC1CCCN1C(=O)C(CCN1CCCC1(C)C)(c1ccccc1)c1ccccc1. The van der Waals surface area contributed by atoms with Crippen LogP contribution in [-0.2, 0) is 10.2 Å². The van der Waals surface area contributed by atoms with Crippen molar-refractivity contribution in [2.24, 2.45) is 0 Å². The summed E-state index contributed by atoms with van der Waals surface area (Å²) in [7, 11) is 0. The predicted molar refractivity (Wildman–Crippen MR) is 124 cm³/mol. The zero-order chi connectivity index (χ0) is 21.2. The van der Waals surface area contributed by atoms with Gasteiger partial charge >= 0.3 is 0 Å². The second kappa shape index (κ2) is 8.55. The van der Waals surface area contributed by atoms with E-state index in [4.69, 9.17) is 0 Å². The Kier molecular flexibility index (Phi) is 6.02. The number of hydrogen-bond acceptors (Lipinski definition) is 2. The van der Waals surface area contributed by atoms with Gasteiger partial charge in [0.05, 0.1) is 0 Å². The maximum atomic E-state index is 14.4. The number of carbonyl (C=O) groups is 1. The van der Waals surface area contributed by atoms with Crippen molar-refractivity contribution in [3.05, 3.63) is 71.8 Å². The van der Waals surface area contributed by atoms with Gasteiger partial charge in [0.2, 0.25) is 5.91 Å². The van der Waals surface area contributed by atoms with E-state index in [9.17, 15) is 4.79 Å². The standard InChI is InChI=1S/C27H36N2O/c1-22-12-10-20-29(22)25(30)27(23-13-6-4-7-14-23,24-15-8-5-9-16-24)18-21-28-19-11-17-26(28,2)3/h4-9,13-16,22H,10-12,17-21H2,1-3H3. The van der Waals surface area contributed by atoms with Crippen LogP contribution >= 0.6 is 0 Å². The highest BCUT2D eigenvalue weighted by molar-refractivity contribution is 5.92. The number of carbonyl (C=O) groups excluding carboxylic acids is 1. The average molecular weight is 405 g/mol. The van der Waals surface area contributed by atoms with Crippen LogP contribution in [0.1, 0.15) is 64.0 Å². The Balaban J connectivity index is 1.80. The Hall–Kier alpha value is -2.13. The highest BCUT2D eigenvalue weighted by Crippen LogP contribution is 2.41. The molecule has 0 aliphatic carbocycles. The van der Waals surface area contributed by atoms with Crippen LogP contribution in [0.3, 0.4) is 0 Å². The van der Waals surface area contributed by atoms with Gasteiger partial charge in [-0.2, -0.15) is 0 Å². The lowest BCUT2D eigenvalue weighted by atomic mass is 9.70. The van der Waals surface area contributed by atoms with E-state index in [-0.39, 0.29) is 11.4 Å². The molecule has 2 fully saturated rings. The summed E-state index contributed by atoms with van der Waals surface area (Å²) in [6.45, 7) is 9.83. The van der Waals surface area contributed by atoms with Crippen LogP contribution in [0.2, 0.25) is 0 Å². The molecular weight excluding hydrogens is 368 g/mol. The van der Waals surface area contributed by atoms with E-state index in [0.29, 0.717) is 6.04 Å². The molecule has 0 bridgehead atoms. The minimum absolute atomic E-state index is 0.211. The molecule has 0 N–H and O–H groups in total. The van der Waals surface area contributed by atoms with E-state index in [1.54, 1.807) is 0 Å². The molecule has 1 unspecified atom stereocenters. The first-order valence-corrected chi connectivity index (χ1v) is 11.6. The molecule has 1 atom stereocenters. The van der Waals surface area contributed by atoms with Crippen molar-refractivity contribution in [3.8, 4) is 0 Å². The first kappa shape index (κ1) is 21.1. The van der Waals surface area contributed by atoms with E-state index in [0.717, 1.165) is 50.0 Å². The molecule has 2 aromatic rings. The first-order valence-electron chi connectivity index (χ1n) is 11.6. The van der Waals surface area contributed by atoms with Gasteiger partial charge in [-0.25, -0.2) is 0 Å². The average Bonchev–Trinajstić information content (AvgIpc) is 3.34. The monoisotopic (exact) mass is 404 g/mol. The third-order valence-electron chi connectivity index (χ3n) is 7.54. The Morgan fingerprint density at radius 2 is 1.57 bits per heavy atom. The second-order valence-corrected chi connectivity index (χ2v) is 9.78. The van der Waals surface area contributed by atoms with Gasteiger partial charge in [-0.3, -0.25) is 9.69 Å². The smallest absolute Gasteiger partial charge is 0.237 e. The third-order valence-corrected chi connectivity index (χ3v) is 7.54. The molecule has 2 aliphatic rings. The Labute approximate surface area is 182 Å². The molecule has 0 saturated carbocycles. The number of likely N-dealkylation sites (tertiary alicyclic amines) is 2. The molecule has 160 valence electrons. The largest absolute Gasteiger partial charge is 0.339 e. The van der Waals surface area contributed by atoms with Crippen LogP contribution < -0.4 is 0 Å². The van der Waals surface area contributed by atoms with Gasteiger partial charge in [0, 0.05) is 24.7 Å². The number of amides is 1. The molecule has 0 aromatic heterocycles. The molecule has 2 heterocycles. The van der Waals surface area contributed by atoms with Crippen LogP contribution in [0.15, 0.2) is 60.7 Å². The summed E-state index contributed by atoms with van der Waals surface area (Å²) in [5.41, 5.74) is 1.82. The van der Waals surface area contributed by atoms with E-state index in [2.05, 4.69) is 79.1 Å². The van der Waals surface area contributed by atoms with Gasteiger partial charge in [0.15, 0.2) is 0 Å². The van der Waals surface area contributed by atoms with Crippen molar-refractivity contribution in [1.82, 2.24) is 9.80 Å². The van der Waals surface area contributed by atoms with Crippen molar-refractivity contribution in [2.75, 3.05) is 19.6 Å². The van der Waals surface area contributed by atoms with Gasteiger partial charge in [-0.05, 0) is 70.5 Å². The Bertz CT molecular complexity index is 806. The van der Waals surface area contributed by atoms with E-state index in [1.165, 1.54) is 12.8 Å². The first-order chi connectivity index (χ1) is 14.4. The van der Waals surface area contributed by atoms with Crippen molar-refractivity contribution >= 4 is 5.91 Å². The summed E-state index contributed by atoms with van der Waals surface area (Å²) in [6.07, 6.45) is 5.49. The van der Waals surface area contributed by atoms with Gasteiger partial charge < -0.3 is 4.90 Å². The van der Waals surface area contributed by atoms with Crippen molar-refractivity contribution in [3.63, 3.8) is 0 Å². The van der Waals surface area contributed by atoms with Crippen LogP contribution in [0, 0.1) is 0 Å². The maximum Gasteiger partial charge on any atom is 0.237 e. The van der Waals surface area contributed by atoms with E-state index < -0.39 is 5.41 Å². The predicted octanol–water partition coefficient (Wildman–Crippen LogP) is 5.25. The molecule has 0 radical (unpaired) electrons. The molecule has 30 heavy (non-hydrogen) atoms. The fourth-order valence-electron chi connectivity index (χ4n) is 5.62. The molecule has 2 saturated heterocycles. The van der Waals surface area contributed by atoms with Crippen molar-refractivity contribution in [2.45, 2.75) is 69.9 Å². The Morgan fingerprint density at radius 3 is 2.03 bits per heavy atom. The lowest BCUT2D eigenvalue weighted by molar-refractivity contribution is -0.137. The fraction of sp³-hybridized carbons (Fsp3) is 0.519. The van der Waals surface area contributed by atoms with E-state index >= 15 is 0 Å². The molecule has 4 rings (SSSR count). The zero-order valence-electron chi connectivity index (χ0n) is 18.8. The van der Waals surface area contributed by atoms with Gasteiger partial charge in [0.1, 0.15) is 5.41 Å². The normalized spacial score (nSPS) is 21.8. The molecule has 2 aliphatic heterocycles. The molecule has 0 spiro atoms. The number of rotatable bonds is 6. The van der Waals surface area contributed by atoms with Crippen LogP contribution in [0.5, 0.6) is 0 Å². The maximum absolute atomic E-state index is 14.4. The summed E-state index contributed by atoms with van der Waals surface area (Å²) < 4.78 is 0. The Morgan fingerprint density at radius 1 is 0.967 bits per heavy atom. The molecule has 1 amide bonds. The van der Waals surface area contributed by atoms with Crippen molar-refractivity contribution < 1.29 is 4.79 Å².